The summed E-state index contributed by atoms with van der Waals surface area (Å²) in [4.78, 5) is 46.6. The number of anilines is 1. The van der Waals surface area contributed by atoms with Crippen molar-refractivity contribution in [3.8, 4) is 0 Å². The largest absolute Gasteiger partial charge is 0.472 e. The van der Waals surface area contributed by atoms with Gasteiger partial charge < -0.3 is 65.0 Å². The summed E-state index contributed by atoms with van der Waals surface area (Å²) in [6.07, 6.45) is -3.45. The van der Waals surface area contributed by atoms with Crippen molar-refractivity contribution in [1.82, 2.24) is 45.1 Å². The molecule has 0 bridgehead atoms. The molecule has 2 amide bonds. The van der Waals surface area contributed by atoms with Crippen LogP contribution >= 0.6 is 7.82 Å². The first-order chi connectivity index (χ1) is 27.8. The van der Waals surface area contributed by atoms with Gasteiger partial charge in [-0.15, -0.1) is 5.10 Å². The van der Waals surface area contributed by atoms with Crippen molar-refractivity contribution in [1.29, 1.82) is 0 Å². The summed E-state index contributed by atoms with van der Waals surface area (Å²) in [7, 11) is -2.03. The van der Waals surface area contributed by atoms with Gasteiger partial charge in [-0.25, -0.2) is 24.2 Å². The van der Waals surface area contributed by atoms with Crippen LogP contribution in [-0.4, -0.2) is 169 Å². The maximum absolute atomic E-state index is 12.5. The van der Waals surface area contributed by atoms with Crippen molar-refractivity contribution in [3.05, 3.63) is 24.5 Å². The zero-order valence-corrected chi connectivity index (χ0v) is 33.0. The van der Waals surface area contributed by atoms with Gasteiger partial charge in [0.2, 0.25) is 11.8 Å². The van der Waals surface area contributed by atoms with Crippen LogP contribution in [0.4, 0.5) is 5.82 Å². The summed E-state index contributed by atoms with van der Waals surface area (Å²) in [6.45, 7) is 1.85. The first kappa shape index (κ1) is 45.3. The number of phosphoric ester groups is 1. The fourth-order valence-electron chi connectivity index (χ4n) is 6.29. The second kappa shape index (κ2) is 21.4. The highest BCUT2D eigenvalue weighted by atomic mass is 31.2. The van der Waals surface area contributed by atoms with Crippen LogP contribution in [0.15, 0.2) is 18.9 Å². The summed E-state index contributed by atoms with van der Waals surface area (Å²) in [5.41, 5.74) is 7.06. The molecule has 25 nitrogen and oxygen atoms in total. The van der Waals surface area contributed by atoms with Gasteiger partial charge in [-0.1, -0.05) is 5.21 Å². The Bertz CT molecular complexity index is 1820. The van der Waals surface area contributed by atoms with E-state index in [2.05, 4.69) is 40.4 Å². The Morgan fingerprint density at radius 2 is 1.84 bits per heavy atom. The van der Waals surface area contributed by atoms with Crippen molar-refractivity contribution < 1.29 is 71.8 Å². The molecule has 2 aliphatic rings. The number of nitrogens with one attached hydrogen (secondary N) is 2. The molecule has 0 aromatic carbocycles. The Kier molecular flexibility index (Phi) is 16.7. The van der Waals surface area contributed by atoms with E-state index in [1.54, 1.807) is 15.4 Å². The van der Waals surface area contributed by atoms with Crippen molar-refractivity contribution >= 4 is 36.6 Å². The van der Waals surface area contributed by atoms with Crippen molar-refractivity contribution in [3.63, 3.8) is 0 Å². The van der Waals surface area contributed by atoms with E-state index in [0.29, 0.717) is 36.2 Å². The molecule has 2 aliphatic heterocycles. The molecule has 3 aromatic rings. The highest BCUT2D eigenvalue weighted by Gasteiger charge is 2.51. The van der Waals surface area contributed by atoms with E-state index in [9.17, 15) is 34.4 Å². The molecule has 0 aliphatic carbocycles. The van der Waals surface area contributed by atoms with E-state index >= 15 is 0 Å². The minimum absolute atomic E-state index is 0.0160. The number of unbranched alkanes of at least 4 members (excludes halogenated alkanes) is 1. The van der Waals surface area contributed by atoms with Gasteiger partial charge in [-0.2, -0.15) is 0 Å². The molecule has 8 N–H and O–H groups in total. The molecule has 0 radical (unpaired) electrons. The maximum Gasteiger partial charge on any atom is 0.472 e. The highest BCUT2D eigenvalue weighted by molar-refractivity contribution is 7.47. The van der Waals surface area contributed by atoms with E-state index in [4.69, 9.17) is 38.7 Å². The molecule has 10 atom stereocenters. The van der Waals surface area contributed by atoms with Gasteiger partial charge in [0.25, 0.3) is 0 Å². The summed E-state index contributed by atoms with van der Waals surface area (Å²) in [5.74, 6) is -0.491. The van der Waals surface area contributed by atoms with E-state index in [1.165, 1.54) is 26.7 Å². The lowest BCUT2D eigenvalue weighted by molar-refractivity contribution is -0.270. The monoisotopic (exact) mass is 846 g/mol. The second-order valence-corrected chi connectivity index (χ2v) is 14.8. The minimum Gasteiger partial charge on any atom is -0.394 e. The third-order valence-corrected chi connectivity index (χ3v) is 10.1. The van der Waals surface area contributed by atoms with E-state index in [-0.39, 0.29) is 57.7 Å². The molecule has 5 heterocycles. The van der Waals surface area contributed by atoms with E-state index in [0.717, 1.165) is 7.11 Å². The molecule has 324 valence electrons. The van der Waals surface area contributed by atoms with Crippen molar-refractivity contribution in [2.45, 2.75) is 94.5 Å². The number of carbonyl (C=O) groups is 2. The van der Waals surface area contributed by atoms with Crippen LogP contribution in [0.5, 0.6) is 0 Å². The zero-order chi connectivity index (χ0) is 41.8. The van der Waals surface area contributed by atoms with Gasteiger partial charge in [-0.05, 0) is 12.8 Å². The van der Waals surface area contributed by atoms with Crippen LogP contribution in [0.1, 0.15) is 38.1 Å². The predicted octanol–water partition coefficient (Wildman–Crippen LogP) is -2.48. The number of amides is 2. The van der Waals surface area contributed by atoms with Gasteiger partial charge in [0.15, 0.2) is 24.0 Å². The lowest BCUT2D eigenvalue weighted by atomic mass is 9.97. The summed E-state index contributed by atoms with van der Waals surface area (Å²) in [6, 6.07) is -1.03. The lowest BCUT2D eigenvalue weighted by Gasteiger charge is -2.42. The number of rotatable bonds is 23. The van der Waals surface area contributed by atoms with Gasteiger partial charge in [-0.3, -0.25) is 23.2 Å². The molecule has 3 aromatic heterocycles. The number of imidazole rings is 1. The van der Waals surface area contributed by atoms with Crippen LogP contribution in [0, 0.1) is 0 Å². The number of aromatic nitrogens is 7. The fourth-order valence-corrected chi connectivity index (χ4v) is 6.94. The lowest BCUT2D eigenvalue weighted by Crippen LogP contribution is -2.64. The molecule has 2 fully saturated rings. The number of nitrogen functional groups attached to an aromatic ring is 1. The Balaban J connectivity index is 1.03. The number of phosphoric acid groups is 1. The predicted molar refractivity (Wildman–Crippen MR) is 195 cm³/mol. The number of carbonyl (C=O) groups excluding carboxylic acids is 2. The molecule has 0 spiro atoms. The van der Waals surface area contributed by atoms with Gasteiger partial charge in [0.1, 0.15) is 60.2 Å². The molecule has 0 saturated carbocycles. The molecule has 26 heteroatoms. The van der Waals surface area contributed by atoms with E-state index < -0.39 is 75.5 Å². The summed E-state index contributed by atoms with van der Waals surface area (Å²) in [5, 5.41) is 43.4. The van der Waals surface area contributed by atoms with Crippen LogP contribution in [0.2, 0.25) is 0 Å². The number of nitrogens with two attached hydrogens (primary N) is 1. The Morgan fingerprint density at radius 1 is 1.03 bits per heavy atom. The molecular formula is C32H51N10O15P. The Labute approximate surface area is 332 Å². The smallest absolute Gasteiger partial charge is 0.394 e. The van der Waals surface area contributed by atoms with Crippen LogP contribution in [-0.2, 0) is 64.8 Å². The number of hydrogen-bond acceptors (Lipinski definition) is 20. The first-order valence-electron chi connectivity index (χ1n) is 18.4. The van der Waals surface area contributed by atoms with Gasteiger partial charge >= 0.3 is 7.82 Å². The average molecular weight is 847 g/mol. The minimum atomic E-state index is -4.51. The van der Waals surface area contributed by atoms with Crippen LogP contribution in [0.3, 0.4) is 0 Å². The van der Waals surface area contributed by atoms with Crippen LogP contribution < -0.4 is 16.4 Å². The molecule has 5 rings (SSSR count). The SMILES string of the molecule is COC[C@H]1O[C@@H](n2cnc3c(N)ncnc32)[C@H](OCc2cn(CCOCCNC(=O)CCCCO[C@@H]3O[C@H](CO)[C@H](O)[C@H](O)[C@H]3NC(C)=O)nn2)[C@@H]1OP(=O)(O)OC. The zero-order valence-electron chi connectivity index (χ0n) is 32.1. The number of hydrogen-bond donors (Lipinski definition) is 7. The fraction of sp³-hybridized carbons (Fsp3) is 0.719. The van der Waals surface area contributed by atoms with Crippen molar-refractivity contribution in [2.75, 3.05) is 59.5 Å². The standard InChI is InChI=1S/C32H51N10O15P/c1-18(44)38-23-26(47)25(46)20(13-43)56-32(23)53-9-5-4-6-22(45)34-7-10-52-11-8-41-12-19(39-40-41)14-54-28-27(57-58(48,49)51-3)21(15-50-2)55-31(28)42-17-37-24-29(33)35-16-36-30(24)42/h12,16-17,20-21,23,25-28,31-32,43,46-47H,4-11,13-15H2,1-3H3,(H,34,45)(H,38,44)(H,48,49)(H2,33,35,36)/t20-,21-,23-,25+,26-,27-,28-,31-,32-/m1/s1. The number of nitrogens with zero attached hydrogens (tertiary/aromatic N) is 7. The van der Waals surface area contributed by atoms with Gasteiger partial charge in [0, 0.05) is 40.7 Å². The van der Waals surface area contributed by atoms with Crippen LogP contribution in [0.25, 0.3) is 11.2 Å². The maximum atomic E-state index is 12.5. The second-order valence-electron chi connectivity index (χ2n) is 13.3. The average Bonchev–Trinajstić information content (AvgIpc) is 3.92. The number of aliphatic hydroxyl groups is 3. The summed E-state index contributed by atoms with van der Waals surface area (Å²) >= 11 is 0. The molecular weight excluding hydrogens is 795 g/mol. The molecule has 1 unspecified atom stereocenters. The third kappa shape index (κ3) is 11.9. The molecule has 2 saturated heterocycles. The topological polar surface area (TPSA) is 330 Å². The van der Waals surface area contributed by atoms with E-state index in [1.807, 2.05) is 0 Å². The first-order valence-corrected chi connectivity index (χ1v) is 19.9. The number of methoxy groups -OCH3 is 1. The number of fused-ring (bicyclic) bond motifs is 1. The Morgan fingerprint density at radius 3 is 2.59 bits per heavy atom. The summed E-state index contributed by atoms with van der Waals surface area (Å²) < 4.78 is 60.4. The number of ether oxygens (including phenoxy) is 6. The normalized spacial score (nSPS) is 27.1. The third-order valence-electron chi connectivity index (χ3n) is 9.14. The quantitative estimate of drug-likeness (QED) is 0.0384. The number of aliphatic hydroxyl groups excluding tert-OH is 3. The van der Waals surface area contributed by atoms with Crippen molar-refractivity contribution in [2.24, 2.45) is 0 Å². The Hall–Kier alpha value is -3.82. The molecule has 58 heavy (non-hydrogen) atoms. The van der Waals surface area contributed by atoms with Gasteiger partial charge in [0.05, 0.1) is 52.1 Å². The highest BCUT2D eigenvalue weighted by Crippen LogP contribution is 2.48.